The Morgan fingerprint density at radius 3 is 2.60 bits per heavy atom. The van der Waals surface area contributed by atoms with Crippen LogP contribution in [0.1, 0.15) is 20.3 Å². The summed E-state index contributed by atoms with van der Waals surface area (Å²) >= 11 is 16.9. The zero-order chi connectivity index (χ0) is 18.6. The summed E-state index contributed by atoms with van der Waals surface area (Å²) in [6, 6.07) is 6.31. The van der Waals surface area contributed by atoms with E-state index in [1.54, 1.807) is 38.1 Å². The number of para-hydroxylation sites is 2. The van der Waals surface area contributed by atoms with E-state index in [9.17, 15) is 9.59 Å². The molecule has 1 amide bonds. The van der Waals surface area contributed by atoms with Crippen molar-refractivity contribution in [2.24, 2.45) is 4.99 Å². The van der Waals surface area contributed by atoms with E-state index >= 15 is 0 Å². The quantitative estimate of drug-likeness (QED) is 0.547. The molecule has 9 heteroatoms. The molecule has 1 aliphatic heterocycles. The first-order valence-electron chi connectivity index (χ1n) is 7.53. The number of hydrogen-bond acceptors (Lipinski definition) is 5. The van der Waals surface area contributed by atoms with Gasteiger partial charge in [0.15, 0.2) is 0 Å². The maximum absolute atomic E-state index is 12.5. The third-order valence-corrected chi connectivity index (χ3v) is 3.48. The molecule has 136 valence electrons. The molecule has 1 atom stereocenters. The second-order valence-electron chi connectivity index (χ2n) is 5.62. The van der Waals surface area contributed by atoms with Gasteiger partial charge in [-0.25, -0.2) is 4.79 Å². The molecule has 6 nitrogen and oxygen atoms in total. The fourth-order valence-corrected chi connectivity index (χ4v) is 2.42. The van der Waals surface area contributed by atoms with Gasteiger partial charge in [-0.1, -0.05) is 46.9 Å². The predicted molar refractivity (Wildman–Crippen MR) is 98.3 cm³/mol. The Morgan fingerprint density at radius 2 is 1.96 bits per heavy atom. The van der Waals surface area contributed by atoms with Crippen LogP contribution in [0.15, 0.2) is 29.3 Å². The van der Waals surface area contributed by atoms with Crippen molar-refractivity contribution in [3.63, 3.8) is 0 Å². The normalized spacial score (nSPS) is 16.6. The van der Waals surface area contributed by atoms with Gasteiger partial charge < -0.3 is 9.47 Å². The molecular weight excluding hydrogens is 391 g/mol. The highest BCUT2D eigenvalue weighted by Crippen LogP contribution is 2.34. The first-order chi connectivity index (χ1) is 11.7. The highest BCUT2D eigenvalue weighted by atomic mass is 35.6. The van der Waals surface area contributed by atoms with Gasteiger partial charge >= 0.3 is 12.1 Å². The number of fused-ring (bicyclic) bond motifs is 1. The molecule has 1 aromatic carbocycles. The number of ether oxygens (including phenoxy) is 2. The van der Waals surface area contributed by atoms with Gasteiger partial charge in [0.1, 0.15) is 6.61 Å². The van der Waals surface area contributed by atoms with Crippen molar-refractivity contribution in [1.82, 2.24) is 0 Å². The van der Waals surface area contributed by atoms with Crippen LogP contribution in [-0.4, -0.2) is 40.8 Å². The Balaban J connectivity index is 2.22. The molecule has 2 rings (SSSR count). The largest absolute Gasteiger partial charge is 0.463 e. The molecule has 0 bridgehead atoms. The number of carbonyl (C=O) groups excluding carboxylic acids is 2. The lowest BCUT2D eigenvalue weighted by molar-refractivity contribution is -0.147. The molecule has 0 unspecified atom stereocenters. The van der Waals surface area contributed by atoms with E-state index in [1.165, 1.54) is 11.1 Å². The van der Waals surface area contributed by atoms with Crippen LogP contribution in [0, 0.1) is 0 Å². The summed E-state index contributed by atoms with van der Waals surface area (Å²) in [5.41, 5.74) is 1.07. The number of nitrogens with zero attached hydrogens (tertiary/aromatic N) is 2. The number of carbonyl (C=O) groups is 2. The number of aliphatic imine (C=N–C) groups is 1. The van der Waals surface area contributed by atoms with Crippen molar-refractivity contribution in [2.45, 2.75) is 36.2 Å². The maximum Gasteiger partial charge on any atom is 0.415 e. The van der Waals surface area contributed by atoms with E-state index in [0.29, 0.717) is 11.4 Å². The molecule has 1 aliphatic rings. The average molecular weight is 408 g/mol. The van der Waals surface area contributed by atoms with Gasteiger partial charge in [-0.3, -0.25) is 14.7 Å². The molecule has 0 fully saturated rings. The van der Waals surface area contributed by atoms with Crippen LogP contribution in [0.4, 0.5) is 16.2 Å². The Hall–Kier alpha value is -1.50. The molecule has 0 spiro atoms. The molecule has 0 aliphatic carbocycles. The number of halogens is 3. The Labute approximate surface area is 160 Å². The van der Waals surface area contributed by atoms with Crippen molar-refractivity contribution < 1.29 is 19.1 Å². The first-order valence-corrected chi connectivity index (χ1v) is 8.66. The molecule has 0 N–H and O–H groups in total. The van der Waals surface area contributed by atoms with E-state index < -0.39 is 28.5 Å². The predicted octanol–water partition coefficient (Wildman–Crippen LogP) is 4.43. The van der Waals surface area contributed by atoms with Crippen LogP contribution < -0.4 is 4.90 Å². The number of anilines is 1. The number of rotatable bonds is 4. The second-order valence-corrected chi connectivity index (χ2v) is 8.13. The standard InChI is InChI=1S/C16H17Cl3N2O4/c1-10(2)25-14(22)7-11-8-20-12-5-3-4-6-13(12)21(11)15(23)24-9-16(17,18)19/h3-6,8,10-11H,7,9H2,1-2H3/t11-/m1/s1. The van der Waals surface area contributed by atoms with Crippen LogP contribution in [0.2, 0.25) is 0 Å². The highest BCUT2D eigenvalue weighted by Gasteiger charge is 2.34. The summed E-state index contributed by atoms with van der Waals surface area (Å²) in [6.45, 7) is 3.07. The summed E-state index contributed by atoms with van der Waals surface area (Å²) in [5, 5.41) is 0. The molecule has 0 saturated heterocycles. The fraction of sp³-hybridized carbons (Fsp3) is 0.438. The third-order valence-electron chi connectivity index (χ3n) is 3.16. The van der Waals surface area contributed by atoms with Gasteiger partial charge in [0.2, 0.25) is 3.79 Å². The molecule has 1 aromatic rings. The van der Waals surface area contributed by atoms with Crippen LogP contribution in [0.25, 0.3) is 0 Å². The van der Waals surface area contributed by atoms with Crippen molar-refractivity contribution in [2.75, 3.05) is 11.5 Å². The smallest absolute Gasteiger partial charge is 0.415 e. The maximum atomic E-state index is 12.5. The summed E-state index contributed by atoms with van der Waals surface area (Å²) in [6.07, 6.45) is 0.428. The lowest BCUT2D eigenvalue weighted by Gasteiger charge is -2.32. The third kappa shape index (κ3) is 5.76. The Morgan fingerprint density at radius 1 is 1.28 bits per heavy atom. The van der Waals surface area contributed by atoms with Gasteiger partial charge in [-0.15, -0.1) is 0 Å². The van der Waals surface area contributed by atoms with Crippen molar-refractivity contribution in [3.05, 3.63) is 24.3 Å². The minimum absolute atomic E-state index is 0.0706. The number of amides is 1. The molecule has 0 saturated carbocycles. The Bertz CT molecular complexity index is 674. The van der Waals surface area contributed by atoms with E-state index in [1.807, 2.05) is 0 Å². The first kappa shape index (κ1) is 19.8. The zero-order valence-corrected chi connectivity index (χ0v) is 15.9. The molecule has 0 radical (unpaired) electrons. The number of alkyl halides is 3. The average Bonchev–Trinajstić information content (AvgIpc) is 2.51. The molecular formula is C16H17Cl3N2O4. The van der Waals surface area contributed by atoms with Crippen molar-refractivity contribution in [1.29, 1.82) is 0 Å². The molecule has 1 heterocycles. The van der Waals surface area contributed by atoms with Gasteiger partial charge in [0, 0.05) is 6.21 Å². The lowest BCUT2D eigenvalue weighted by Crippen LogP contribution is -2.45. The van der Waals surface area contributed by atoms with Gasteiger partial charge in [-0.2, -0.15) is 0 Å². The number of benzene rings is 1. The summed E-state index contributed by atoms with van der Waals surface area (Å²) in [5.74, 6) is -0.454. The van der Waals surface area contributed by atoms with E-state index in [2.05, 4.69) is 4.99 Å². The minimum Gasteiger partial charge on any atom is -0.463 e. The summed E-state index contributed by atoms with van der Waals surface area (Å²) < 4.78 is 8.48. The fourth-order valence-electron chi connectivity index (χ4n) is 2.26. The van der Waals surface area contributed by atoms with E-state index in [4.69, 9.17) is 44.3 Å². The SMILES string of the molecule is CC(C)OC(=O)C[C@@H]1C=Nc2ccccc2N1C(=O)OCC(Cl)(Cl)Cl. The lowest BCUT2D eigenvalue weighted by atomic mass is 10.1. The monoisotopic (exact) mass is 406 g/mol. The summed E-state index contributed by atoms with van der Waals surface area (Å²) in [7, 11) is 0. The Kier molecular flexibility index (Phi) is 6.54. The van der Waals surface area contributed by atoms with E-state index in [-0.39, 0.29) is 12.5 Å². The van der Waals surface area contributed by atoms with E-state index in [0.717, 1.165) is 0 Å². The zero-order valence-electron chi connectivity index (χ0n) is 13.6. The topological polar surface area (TPSA) is 68.2 Å². The van der Waals surface area contributed by atoms with Crippen molar-refractivity contribution >= 4 is 64.5 Å². The second kappa shape index (κ2) is 8.25. The van der Waals surface area contributed by atoms with Crippen LogP contribution in [0.3, 0.4) is 0 Å². The summed E-state index contributed by atoms with van der Waals surface area (Å²) in [4.78, 5) is 30.1. The van der Waals surface area contributed by atoms with Crippen LogP contribution >= 0.6 is 34.8 Å². The van der Waals surface area contributed by atoms with Gasteiger partial charge in [0.25, 0.3) is 0 Å². The molecule has 0 aromatic heterocycles. The van der Waals surface area contributed by atoms with Gasteiger partial charge in [0.05, 0.1) is 29.9 Å². The highest BCUT2D eigenvalue weighted by molar-refractivity contribution is 6.67. The van der Waals surface area contributed by atoms with Crippen LogP contribution in [0.5, 0.6) is 0 Å². The minimum atomic E-state index is -1.73. The van der Waals surface area contributed by atoms with Crippen molar-refractivity contribution in [3.8, 4) is 0 Å². The van der Waals surface area contributed by atoms with Crippen LogP contribution in [-0.2, 0) is 14.3 Å². The number of hydrogen-bond donors (Lipinski definition) is 0. The number of esters is 1. The molecule has 25 heavy (non-hydrogen) atoms. The van der Waals surface area contributed by atoms with Gasteiger partial charge in [-0.05, 0) is 26.0 Å².